The van der Waals surface area contributed by atoms with Gasteiger partial charge in [0.2, 0.25) is 21.8 Å². The van der Waals surface area contributed by atoms with Crippen molar-refractivity contribution in [2.45, 2.75) is 38.8 Å². The fourth-order valence-electron chi connectivity index (χ4n) is 2.85. The standard InChI is InChI=1S/C17H27N3O5S/c1-3-11-26(22,23)20-8-4-5-15(20)17(21)19-13-14-6-7-16(18-12-14)25-10-9-24-2/h6-7,12,15H,3-5,8-11,13H2,1-2H3,(H,19,21). The molecule has 0 radical (unpaired) electrons. The average molecular weight is 385 g/mol. The number of aromatic nitrogens is 1. The number of pyridine rings is 1. The molecule has 1 saturated heterocycles. The summed E-state index contributed by atoms with van der Waals surface area (Å²) in [5, 5.41) is 2.81. The zero-order valence-corrected chi connectivity index (χ0v) is 16.1. The van der Waals surface area contributed by atoms with Gasteiger partial charge in [-0.25, -0.2) is 13.4 Å². The Morgan fingerprint density at radius 3 is 2.85 bits per heavy atom. The van der Waals surface area contributed by atoms with Gasteiger partial charge in [-0.2, -0.15) is 4.31 Å². The summed E-state index contributed by atoms with van der Waals surface area (Å²) in [5.74, 6) is 0.304. The van der Waals surface area contributed by atoms with Crippen LogP contribution in [0.2, 0.25) is 0 Å². The Morgan fingerprint density at radius 1 is 1.38 bits per heavy atom. The molecular formula is C17H27N3O5S. The molecule has 146 valence electrons. The maximum atomic E-state index is 12.4. The van der Waals surface area contributed by atoms with Gasteiger partial charge in [0, 0.05) is 32.5 Å². The maximum Gasteiger partial charge on any atom is 0.238 e. The van der Waals surface area contributed by atoms with Gasteiger partial charge < -0.3 is 14.8 Å². The molecule has 1 aromatic rings. The Bertz CT molecular complexity index is 678. The molecule has 2 rings (SSSR count). The summed E-state index contributed by atoms with van der Waals surface area (Å²) in [6.07, 6.45) is 3.43. The summed E-state index contributed by atoms with van der Waals surface area (Å²) in [5.41, 5.74) is 0.818. The van der Waals surface area contributed by atoms with E-state index in [2.05, 4.69) is 10.3 Å². The molecule has 1 aliphatic rings. The molecule has 1 amide bonds. The van der Waals surface area contributed by atoms with E-state index in [4.69, 9.17) is 9.47 Å². The Hall–Kier alpha value is -1.71. The van der Waals surface area contributed by atoms with Gasteiger partial charge in [-0.05, 0) is 24.8 Å². The molecule has 1 N–H and O–H groups in total. The monoisotopic (exact) mass is 385 g/mol. The lowest BCUT2D eigenvalue weighted by molar-refractivity contribution is -0.124. The number of rotatable bonds is 10. The Morgan fingerprint density at radius 2 is 2.19 bits per heavy atom. The van der Waals surface area contributed by atoms with Gasteiger partial charge in [-0.1, -0.05) is 13.0 Å². The first kappa shape index (κ1) is 20.6. The van der Waals surface area contributed by atoms with Crippen molar-refractivity contribution < 1.29 is 22.7 Å². The van der Waals surface area contributed by atoms with Gasteiger partial charge >= 0.3 is 0 Å². The largest absolute Gasteiger partial charge is 0.475 e. The molecule has 0 bridgehead atoms. The van der Waals surface area contributed by atoms with E-state index in [9.17, 15) is 13.2 Å². The first-order valence-corrected chi connectivity index (χ1v) is 10.4. The topological polar surface area (TPSA) is 97.8 Å². The van der Waals surface area contributed by atoms with Gasteiger partial charge in [0.05, 0.1) is 12.4 Å². The quantitative estimate of drug-likeness (QED) is 0.602. The molecule has 1 aromatic heterocycles. The number of carbonyl (C=O) groups excluding carboxylic acids is 1. The van der Waals surface area contributed by atoms with Gasteiger partial charge in [0.15, 0.2) is 0 Å². The number of methoxy groups -OCH3 is 1. The Kier molecular flexibility index (Phi) is 7.80. The van der Waals surface area contributed by atoms with Crippen molar-refractivity contribution in [1.29, 1.82) is 0 Å². The summed E-state index contributed by atoms with van der Waals surface area (Å²) in [6, 6.07) is 2.93. The molecule has 1 aliphatic heterocycles. The summed E-state index contributed by atoms with van der Waals surface area (Å²) in [4.78, 5) is 16.6. The second kappa shape index (κ2) is 9.84. The maximum absolute atomic E-state index is 12.4. The van der Waals surface area contributed by atoms with Crippen molar-refractivity contribution in [2.75, 3.05) is 32.6 Å². The number of nitrogens with zero attached hydrogens (tertiary/aromatic N) is 2. The molecule has 1 fully saturated rings. The van der Waals surface area contributed by atoms with Crippen LogP contribution >= 0.6 is 0 Å². The van der Waals surface area contributed by atoms with Crippen molar-refractivity contribution in [3.8, 4) is 5.88 Å². The van der Waals surface area contributed by atoms with E-state index in [0.29, 0.717) is 51.4 Å². The third-order valence-corrected chi connectivity index (χ3v) is 6.20. The molecule has 0 spiro atoms. The molecular weight excluding hydrogens is 358 g/mol. The third-order valence-electron chi connectivity index (χ3n) is 4.13. The predicted molar refractivity (Wildman–Crippen MR) is 97.3 cm³/mol. The molecule has 1 unspecified atom stereocenters. The SMILES string of the molecule is CCCS(=O)(=O)N1CCCC1C(=O)NCc1ccc(OCCOC)nc1. The van der Waals surface area contributed by atoms with Crippen molar-refractivity contribution in [2.24, 2.45) is 0 Å². The number of hydrogen-bond donors (Lipinski definition) is 1. The summed E-state index contributed by atoms with van der Waals surface area (Å²) in [7, 11) is -1.77. The highest BCUT2D eigenvalue weighted by atomic mass is 32.2. The van der Waals surface area contributed by atoms with E-state index in [-0.39, 0.29) is 11.7 Å². The van der Waals surface area contributed by atoms with Crippen LogP contribution < -0.4 is 10.1 Å². The van der Waals surface area contributed by atoms with Crippen LogP contribution in [0.15, 0.2) is 18.3 Å². The lowest BCUT2D eigenvalue weighted by Gasteiger charge is -2.23. The highest BCUT2D eigenvalue weighted by Gasteiger charge is 2.37. The second-order valence-electron chi connectivity index (χ2n) is 6.15. The van der Waals surface area contributed by atoms with Crippen LogP contribution in [0.25, 0.3) is 0 Å². The Balaban J connectivity index is 1.87. The van der Waals surface area contributed by atoms with E-state index in [1.807, 2.05) is 13.0 Å². The number of hydrogen-bond acceptors (Lipinski definition) is 6. The molecule has 9 heteroatoms. The van der Waals surface area contributed by atoms with E-state index in [1.165, 1.54) is 4.31 Å². The van der Waals surface area contributed by atoms with Crippen LogP contribution in [0, 0.1) is 0 Å². The molecule has 2 heterocycles. The minimum atomic E-state index is -3.37. The van der Waals surface area contributed by atoms with E-state index in [0.717, 1.165) is 5.56 Å². The zero-order valence-electron chi connectivity index (χ0n) is 15.3. The van der Waals surface area contributed by atoms with Crippen molar-refractivity contribution >= 4 is 15.9 Å². The first-order valence-electron chi connectivity index (χ1n) is 8.82. The smallest absolute Gasteiger partial charge is 0.238 e. The normalized spacial score (nSPS) is 18.0. The first-order chi connectivity index (χ1) is 12.5. The molecule has 26 heavy (non-hydrogen) atoms. The van der Waals surface area contributed by atoms with Crippen LogP contribution in [0.5, 0.6) is 5.88 Å². The lowest BCUT2D eigenvalue weighted by atomic mass is 10.2. The fourth-order valence-corrected chi connectivity index (χ4v) is 4.59. The van der Waals surface area contributed by atoms with Crippen molar-refractivity contribution in [1.82, 2.24) is 14.6 Å². The van der Waals surface area contributed by atoms with E-state index in [1.54, 1.807) is 19.4 Å². The van der Waals surface area contributed by atoms with Crippen molar-refractivity contribution in [3.05, 3.63) is 23.9 Å². The number of nitrogens with one attached hydrogen (secondary N) is 1. The van der Waals surface area contributed by atoms with Gasteiger partial charge in [-0.3, -0.25) is 4.79 Å². The lowest BCUT2D eigenvalue weighted by Crippen LogP contribution is -2.46. The third kappa shape index (κ3) is 5.65. The summed E-state index contributed by atoms with van der Waals surface area (Å²) < 4.78 is 36.2. The van der Waals surface area contributed by atoms with Crippen LogP contribution in [-0.4, -0.2) is 62.3 Å². The van der Waals surface area contributed by atoms with Crippen LogP contribution in [0.1, 0.15) is 31.7 Å². The summed E-state index contributed by atoms with van der Waals surface area (Å²) in [6.45, 7) is 3.43. The van der Waals surface area contributed by atoms with Gasteiger partial charge in [-0.15, -0.1) is 0 Å². The Labute approximate surface area is 154 Å². The van der Waals surface area contributed by atoms with Gasteiger partial charge in [0.1, 0.15) is 12.6 Å². The minimum Gasteiger partial charge on any atom is -0.475 e. The number of ether oxygens (including phenoxy) is 2. The highest BCUT2D eigenvalue weighted by Crippen LogP contribution is 2.22. The number of carbonyl (C=O) groups is 1. The molecule has 1 atom stereocenters. The van der Waals surface area contributed by atoms with Crippen LogP contribution in [0.3, 0.4) is 0 Å². The van der Waals surface area contributed by atoms with E-state index >= 15 is 0 Å². The molecule has 8 nitrogen and oxygen atoms in total. The predicted octanol–water partition coefficient (Wildman–Crippen LogP) is 0.927. The minimum absolute atomic E-state index is 0.0746. The van der Waals surface area contributed by atoms with Gasteiger partial charge in [0.25, 0.3) is 0 Å². The average Bonchev–Trinajstić information content (AvgIpc) is 3.12. The zero-order chi connectivity index (χ0) is 19.0. The number of amides is 1. The highest BCUT2D eigenvalue weighted by molar-refractivity contribution is 7.89. The van der Waals surface area contributed by atoms with Crippen LogP contribution in [-0.2, 0) is 26.1 Å². The van der Waals surface area contributed by atoms with Crippen LogP contribution in [0.4, 0.5) is 0 Å². The molecule has 0 saturated carbocycles. The van der Waals surface area contributed by atoms with E-state index < -0.39 is 16.1 Å². The molecule has 0 aromatic carbocycles. The molecule has 0 aliphatic carbocycles. The number of sulfonamides is 1. The fraction of sp³-hybridized carbons (Fsp3) is 0.647. The van der Waals surface area contributed by atoms with Crippen molar-refractivity contribution in [3.63, 3.8) is 0 Å². The summed E-state index contributed by atoms with van der Waals surface area (Å²) >= 11 is 0. The second-order valence-corrected chi connectivity index (χ2v) is 8.19.